The molecule has 6 nitrogen and oxygen atoms in total. The van der Waals surface area contributed by atoms with Crippen molar-refractivity contribution in [3.63, 3.8) is 0 Å². The average molecular weight is 333 g/mol. The zero-order valence-corrected chi connectivity index (χ0v) is 14.4. The number of fused-ring (bicyclic) bond motifs is 2. The van der Waals surface area contributed by atoms with Crippen molar-refractivity contribution in [3.05, 3.63) is 65.2 Å². The highest BCUT2D eigenvalue weighted by molar-refractivity contribution is 5.99. The fourth-order valence-electron chi connectivity index (χ4n) is 3.22. The van der Waals surface area contributed by atoms with Gasteiger partial charge in [-0.25, -0.2) is 0 Å². The maximum Gasteiger partial charge on any atom is 0.268 e. The molecule has 3 aromatic heterocycles. The van der Waals surface area contributed by atoms with Crippen LogP contribution in [0.5, 0.6) is 0 Å². The third kappa shape index (κ3) is 2.65. The van der Waals surface area contributed by atoms with E-state index >= 15 is 0 Å². The lowest BCUT2D eigenvalue weighted by Gasteiger charge is -2.11. The third-order valence-corrected chi connectivity index (χ3v) is 4.41. The second-order valence-corrected chi connectivity index (χ2v) is 6.41. The second kappa shape index (κ2) is 5.73. The van der Waals surface area contributed by atoms with Crippen LogP contribution in [0.3, 0.4) is 0 Å². The minimum absolute atomic E-state index is 0.159. The molecule has 0 saturated heterocycles. The van der Waals surface area contributed by atoms with Gasteiger partial charge in [-0.15, -0.1) is 10.2 Å². The van der Waals surface area contributed by atoms with Gasteiger partial charge in [-0.3, -0.25) is 9.20 Å². The summed E-state index contributed by atoms with van der Waals surface area (Å²) in [4.78, 5) is 15.9. The SMILES string of the molecule is Cc1cc(C)c2cc(C(=O)NC(C)c3nnc4ccccn34)[nH]c2c1. The van der Waals surface area contributed by atoms with Crippen LogP contribution in [0.4, 0.5) is 0 Å². The first-order chi connectivity index (χ1) is 12.0. The molecule has 3 heterocycles. The van der Waals surface area contributed by atoms with Crippen LogP contribution in [0, 0.1) is 13.8 Å². The van der Waals surface area contributed by atoms with Gasteiger partial charge in [0.15, 0.2) is 11.5 Å². The topological polar surface area (TPSA) is 75.1 Å². The van der Waals surface area contributed by atoms with E-state index in [9.17, 15) is 4.79 Å². The van der Waals surface area contributed by atoms with Gasteiger partial charge in [0, 0.05) is 17.1 Å². The Balaban J connectivity index is 1.62. The molecular weight excluding hydrogens is 314 g/mol. The lowest BCUT2D eigenvalue weighted by Crippen LogP contribution is -2.28. The predicted octanol–water partition coefficient (Wildman–Crippen LogP) is 3.32. The van der Waals surface area contributed by atoms with Crippen LogP contribution in [-0.2, 0) is 0 Å². The van der Waals surface area contributed by atoms with E-state index in [1.807, 2.05) is 48.7 Å². The molecule has 4 aromatic rings. The molecule has 0 radical (unpaired) electrons. The molecule has 0 saturated carbocycles. The molecule has 0 aliphatic rings. The minimum atomic E-state index is -0.265. The molecule has 0 fully saturated rings. The van der Waals surface area contributed by atoms with Gasteiger partial charge < -0.3 is 10.3 Å². The summed E-state index contributed by atoms with van der Waals surface area (Å²) in [7, 11) is 0. The smallest absolute Gasteiger partial charge is 0.268 e. The first-order valence-corrected chi connectivity index (χ1v) is 8.23. The fraction of sp³-hybridized carbons (Fsp3) is 0.211. The Kier molecular flexibility index (Phi) is 3.53. The zero-order valence-electron chi connectivity index (χ0n) is 14.4. The molecule has 4 rings (SSSR count). The van der Waals surface area contributed by atoms with E-state index < -0.39 is 0 Å². The summed E-state index contributed by atoms with van der Waals surface area (Å²) in [5.41, 5.74) is 4.60. The zero-order chi connectivity index (χ0) is 17.6. The van der Waals surface area contributed by atoms with E-state index in [2.05, 4.69) is 39.6 Å². The van der Waals surface area contributed by atoms with Gasteiger partial charge in [0.25, 0.3) is 5.91 Å². The molecule has 1 aromatic carbocycles. The number of nitrogens with zero attached hydrogens (tertiary/aromatic N) is 3. The molecule has 126 valence electrons. The summed E-state index contributed by atoms with van der Waals surface area (Å²) in [6.45, 7) is 6.00. The molecule has 0 bridgehead atoms. The number of aromatic amines is 1. The van der Waals surface area contributed by atoms with Gasteiger partial charge in [0.05, 0.1) is 6.04 Å². The number of aromatic nitrogens is 4. The van der Waals surface area contributed by atoms with Crippen molar-refractivity contribution in [1.29, 1.82) is 0 Å². The van der Waals surface area contributed by atoms with Crippen molar-refractivity contribution in [2.75, 3.05) is 0 Å². The Hall–Kier alpha value is -3.15. The number of hydrogen-bond donors (Lipinski definition) is 2. The van der Waals surface area contributed by atoms with Crippen molar-refractivity contribution in [2.45, 2.75) is 26.8 Å². The van der Waals surface area contributed by atoms with Crippen molar-refractivity contribution >= 4 is 22.5 Å². The summed E-state index contributed by atoms with van der Waals surface area (Å²) < 4.78 is 1.88. The summed E-state index contributed by atoms with van der Waals surface area (Å²) in [5, 5.41) is 12.4. The molecule has 6 heteroatoms. The number of nitrogens with one attached hydrogen (secondary N) is 2. The lowest BCUT2D eigenvalue weighted by atomic mass is 10.1. The Morgan fingerprint density at radius 1 is 1.20 bits per heavy atom. The first kappa shape index (κ1) is 15.4. The molecule has 2 N–H and O–H groups in total. The maximum absolute atomic E-state index is 12.7. The van der Waals surface area contributed by atoms with Crippen molar-refractivity contribution < 1.29 is 4.79 Å². The normalized spacial score (nSPS) is 12.6. The number of pyridine rings is 1. The van der Waals surface area contributed by atoms with Gasteiger partial charge in [0.2, 0.25) is 0 Å². The lowest BCUT2D eigenvalue weighted by molar-refractivity contribution is 0.0934. The number of carbonyl (C=O) groups excluding carboxylic acids is 1. The minimum Gasteiger partial charge on any atom is -0.351 e. The highest BCUT2D eigenvalue weighted by atomic mass is 16.1. The monoisotopic (exact) mass is 333 g/mol. The quantitative estimate of drug-likeness (QED) is 0.604. The largest absolute Gasteiger partial charge is 0.351 e. The Labute approximate surface area is 144 Å². The van der Waals surface area contributed by atoms with Gasteiger partial charge in [-0.1, -0.05) is 12.1 Å². The fourth-order valence-corrected chi connectivity index (χ4v) is 3.22. The van der Waals surface area contributed by atoms with E-state index in [-0.39, 0.29) is 11.9 Å². The number of H-pyrrole nitrogens is 1. The van der Waals surface area contributed by atoms with Gasteiger partial charge >= 0.3 is 0 Å². The van der Waals surface area contributed by atoms with Gasteiger partial charge in [-0.05, 0) is 56.2 Å². The second-order valence-electron chi connectivity index (χ2n) is 6.41. The molecule has 1 atom stereocenters. The van der Waals surface area contributed by atoms with Crippen LogP contribution in [-0.4, -0.2) is 25.5 Å². The van der Waals surface area contributed by atoms with Crippen LogP contribution < -0.4 is 5.32 Å². The van der Waals surface area contributed by atoms with E-state index in [1.165, 1.54) is 5.56 Å². The van der Waals surface area contributed by atoms with Crippen molar-refractivity contribution in [1.82, 2.24) is 24.9 Å². The Bertz CT molecular complexity index is 1090. The maximum atomic E-state index is 12.7. The number of amides is 1. The van der Waals surface area contributed by atoms with Crippen LogP contribution in [0.25, 0.3) is 16.6 Å². The highest BCUT2D eigenvalue weighted by Crippen LogP contribution is 2.22. The van der Waals surface area contributed by atoms with Crippen molar-refractivity contribution in [2.24, 2.45) is 0 Å². The van der Waals surface area contributed by atoms with Gasteiger partial charge in [-0.2, -0.15) is 0 Å². The third-order valence-electron chi connectivity index (χ3n) is 4.41. The molecule has 1 unspecified atom stereocenters. The number of rotatable bonds is 3. The molecule has 0 spiro atoms. The summed E-state index contributed by atoms with van der Waals surface area (Å²) in [5.74, 6) is 0.542. The van der Waals surface area contributed by atoms with Gasteiger partial charge in [0.1, 0.15) is 5.69 Å². The average Bonchev–Trinajstić information content (AvgIpc) is 3.18. The van der Waals surface area contributed by atoms with Crippen LogP contribution >= 0.6 is 0 Å². The molecule has 1 amide bonds. The first-order valence-electron chi connectivity index (χ1n) is 8.23. The predicted molar refractivity (Wildman–Crippen MR) is 96.6 cm³/mol. The van der Waals surface area contributed by atoms with Crippen LogP contribution in [0.15, 0.2) is 42.6 Å². The van der Waals surface area contributed by atoms with Crippen LogP contribution in [0.2, 0.25) is 0 Å². The number of aryl methyl sites for hydroxylation is 2. The number of carbonyl (C=O) groups is 1. The Morgan fingerprint density at radius 3 is 2.88 bits per heavy atom. The van der Waals surface area contributed by atoms with E-state index in [0.717, 1.165) is 22.1 Å². The molecule has 0 aliphatic heterocycles. The summed E-state index contributed by atoms with van der Waals surface area (Å²) in [6, 6.07) is 11.5. The molecule has 0 aliphatic carbocycles. The summed E-state index contributed by atoms with van der Waals surface area (Å²) in [6.07, 6.45) is 1.89. The van der Waals surface area contributed by atoms with Crippen LogP contribution in [0.1, 0.15) is 40.4 Å². The van der Waals surface area contributed by atoms with E-state index in [1.54, 1.807) is 0 Å². The van der Waals surface area contributed by atoms with E-state index in [0.29, 0.717) is 11.5 Å². The Morgan fingerprint density at radius 2 is 2.04 bits per heavy atom. The highest BCUT2D eigenvalue weighted by Gasteiger charge is 2.18. The standard InChI is InChI=1S/C19H19N5O/c1-11-8-12(2)14-10-16(21-15(14)9-11)19(25)20-13(3)18-23-22-17-6-4-5-7-24(17)18/h4-10,13,21H,1-3H3,(H,20,25). The summed E-state index contributed by atoms with van der Waals surface area (Å²) >= 11 is 0. The number of benzene rings is 1. The van der Waals surface area contributed by atoms with Crippen molar-refractivity contribution in [3.8, 4) is 0 Å². The molecular formula is C19H19N5O. The van der Waals surface area contributed by atoms with E-state index in [4.69, 9.17) is 0 Å². The molecule has 25 heavy (non-hydrogen) atoms. The number of hydrogen-bond acceptors (Lipinski definition) is 3.